The molecular formula is C8H18N2O3S. The average molecular weight is 222 g/mol. The molecule has 0 radical (unpaired) electrons. The molecule has 0 unspecified atom stereocenters. The monoisotopic (exact) mass is 222 g/mol. The summed E-state index contributed by atoms with van der Waals surface area (Å²) in [5, 5.41) is 0. The van der Waals surface area contributed by atoms with Crippen LogP contribution in [0.25, 0.3) is 0 Å². The SMILES string of the molecule is CNS(=O)(=O)N[C@H]1CCCC[C@H]1OC. The van der Waals surface area contributed by atoms with E-state index in [-0.39, 0.29) is 12.1 Å². The maximum atomic E-state index is 11.3. The fraction of sp³-hybridized carbons (Fsp3) is 1.00. The maximum absolute atomic E-state index is 11.3. The van der Waals surface area contributed by atoms with Crippen LogP contribution >= 0.6 is 0 Å². The highest BCUT2D eigenvalue weighted by molar-refractivity contribution is 7.87. The van der Waals surface area contributed by atoms with Crippen LogP contribution in [0.1, 0.15) is 25.7 Å². The Hall–Kier alpha value is -0.170. The Morgan fingerprint density at radius 3 is 2.50 bits per heavy atom. The van der Waals surface area contributed by atoms with E-state index in [1.807, 2.05) is 0 Å². The highest BCUT2D eigenvalue weighted by atomic mass is 32.2. The van der Waals surface area contributed by atoms with Gasteiger partial charge in [-0.1, -0.05) is 12.8 Å². The summed E-state index contributed by atoms with van der Waals surface area (Å²) in [6.07, 6.45) is 3.94. The quantitative estimate of drug-likeness (QED) is 0.703. The van der Waals surface area contributed by atoms with E-state index < -0.39 is 10.2 Å². The van der Waals surface area contributed by atoms with E-state index >= 15 is 0 Å². The molecule has 84 valence electrons. The number of hydrogen-bond acceptors (Lipinski definition) is 3. The summed E-state index contributed by atoms with van der Waals surface area (Å²) >= 11 is 0. The van der Waals surface area contributed by atoms with Crippen molar-refractivity contribution >= 4 is 10.2 Å². The topological polar surface area (TPSA) is 67.4 Å². The normalized spacial score (nSPS) is 29.0. The summed E-state index contributed by atoms with van der Waals surface area (Å²) in [4.78, 5) is 0. The van der Waals surface area contributed by atoms with Crippen molar-refractivity contribution in [1.29, 1.82) is 0 Å². The van der Waals surface area contributed by atoms with Crippen LogP contribution in [-0.4, -0.2) is 34.7 Å². The van der Waals surface area contributed by atoms with Crippen LogP contribution in [-0.2, 0) is 14.9 Å². The fourth-order valence-electron chi connectivity index (χ4n) is 1.77. The van der Waals surface area contributed by atoms with Gasteiger partial charge in [-0.3, -0.25) is 0 Å². The summed E-state index contributed by atoms with van der Waals surface area (Å²) in [6, 6.07) is -0.0915. The van der Waals surface area contributed by atoms with Gasteiger partial charge in [0.2, 0.25) is 0 Å². The molecule has 0 aromatic rings. The number of ether oxygens (including phenoxy) is 1. The fourth-order valence-corrected chi connectivity index (χ4v) is 2.56. The van der Waals surface area contributed by atoms with Crippen molar-refractivity contribution in [1.82, 2.24) is 9.44 Å². The van der Waals surface area contributed by atoms with E-state index in [9.17, 15) is 8.42 Å². The van der Waals surface area contributed by atoms with Gasteiger partial charge in [-0.2, -0.15) is 13.1 Å². The van der Waals surface area contributed by atoms with Crippen LogP contribution < -0.4 is 9.44 Å². The van der Waals surface area contributed by atoms with E-state index in [1.54, 1.807) is 7.11 Å². The lowest BCUT2D eigenvalue weighted by Crippen LogP contribution is -2.49. The molecule has 14 heavy (non-hydrogen) atoms. The predicted octanol–water partition coefficient (Wildman–Crippen LogP) is -0.00220. The zero-order chi connectivity index (χ0) is 10.6. The van der Waals surface area contributed by atoms with Crippen molar-refractivity contribution in [2.45, 2.75) is 37.8 Å². The lowest BCUT2D eigenvalue weighted by molar-refractivity contribution is 0.0492. The molecule has 0 heterocycles. The first-order chi connectivity index (χ1) is 6.59. The molecule has 2 N–H and O–H groups in total. The van der Waals surface area contributed by atoms with Gasteiger partial charge in [-0.15, -0.1) is 0 Å². The number of rotatable bonds is 4. The van der Waals surface area contributed by atoms with Crippen molar-refractivity contribution in [3.8, 4) is 0 Å². The minimum atomic E-state index is -3.34. The Balaban J connectivity index is 2.57. The van der Waals surface area contributed by atoms with Gasteiger partial charge in [0, 0.05) is 20.2 Å². The van der Waals surface area contributed by atoms with Gasteiger partial charge in [0.25, 0.3) is 10.2 Å². The van der Waals surface area contributed by atoms with E-state index in [0.717, 1.165) is 25.7 Å². The number of nitrogens with one attached hydrogen (secondary N) is 2. The van der Waals surface area contributed by atoms with Gasteiger partial charge in [0.05, 0.1) is 6.10 Å². The third kappa shape index (κ3) is 3.20. The van der Waals surface area contributed by atoms with Gasteiger partial charge in [-0.05, 0) is 12.8 Å². The zero-order valence-corrected chi connectivity index (χ0v) is 9.43. The molecule has 0 aromatic heterocycles. The van der Waals surface area contributed by atoms with E-state index in [2.05, 4.69) is 9.44 Å². The smallest absolute Gasteiger partial charge is 0.276 e. The number of methoxy groups -OCH3 is 1. The summed E-state index contributed by atoms with van der Waals surface area (Å²) in [5.41, 5.74) is 0. The standard InChI is InChI=1S/C8H18N2O3S/c1-9-14(11,12)10-7-5-3-4-6-8(7)13-2/h7-10H,3-6H2,1-2H3/t7-,8+/m0/s1. The van der Waals surface area contributed by atoms with Crippen LogP contribution in [0, 0.1) is 0 Å². The molecule has 0 spiro atoms. The van der Waals surface area contributed by atoms with E-state index in [1.165, 1.54) is 7.05 Å². The van der Waals surface area contributed by atoms with Crippen LogP contribution in [0.2, 0.25) is 0 Å². The first kappa shape index (κ1) is 11.9. The third-order valence-electron chi connectivity index (χ3n) is 2.58. The molecule has 0 saturated heterocycles. The molecule has 1 rings (SSSR count). The Kier molecular flexibility index (Phi) is 4.31. The maximum Gasteiger partial charge on any atom is 0.276 e. The highest BCUT2D eigenvalue weighted by Gasteiger charge is 2.27. The molecule has 0 aromatic carbocycles. The van der Waals surface area contributed by atoms with Crippen LogP contribution in [0.15, 0.2) is 0 Å². The van der Waals surface area contributed by atoms with Gasteiger partial charge >= 0.3 is 0 Å². The van der Waals surface area contributed by atoms with Crippen molar-refractivity contribution in [3.05, 3.63) is 0 Å². The van der Waals surface area contributed by atoms with Gasteiger partial charge in [-0.25, -0.2) is 4.72 Å². The molecule has 0 amide bonds. The molecule has 6 heteroatoms. The average Bonchev–Trinajstić information content (AvgIpc) is 2.18. The van der Waals surface area contributed by atoms with Crippen molar-refractivity contribution < 1.29 is 13.2 Å². The molecule has 2 atom stereocenters. The van der Waals surface area contributed by atoms with Gasteiger partial charge < -0.3 is 4.74 Å². The van der Waals surface area contributed by atoms with Crippen molar-refractivity contribution in [2.75, 3.05) is 14.2 Å². The second kappa shape index (κ2) is 5.06. The predicted molar refractivity (Wildman–Crippen MR) is 54.2 cm³/mol. The molecule has 1 aliphatic rings. The summed E-state index contributed by atoms with van der Waals surface area (Å²) in [7, 11) is -0.325. The zero-order valence-electron chi connectivity index (χ0n) is 8.62. The summed E-state index contributed by atoms with van der Waals surface area (Å²) in [6.45, 7) is 0. The third-order valence-corrected chi connectivity index (χ3v) is 3.73. The van der Waals surface area contributed by atoms with Crippen LogP contribution in [0.3, 0.4) is 0 Å². The molecule has 5 nitrogen and oxygen atoms in total. The van der Waals surface area contributed by atoms with E-state index in [4.69, 9.17) is 4.74 Å². The molecule has 0 bridgehead atoms. The Labute approximate surface area is 85.4 Å². The molecule has 1 aliphatic carbocycles. The second-order valence-corrected chi connectivity index (χ2v) is 5.14. The summed E-state index contributed by atoms with van der Waals surface area (Å²) in [5.74, 6) is 0. The Bertz CT molecular complexity index is 266. The van der Waals surface area contributed by atoms with Crippen LogP contribution in [0.5, 0.6) is 0 Å². The van der Waals surface area contributed by atoms with Crippen molar-refractivity contribution in [2.24, 2.45) is 0 Å². The van der Waals surface area contributed by atoms with Crippen LogP contribution in [0.4, 0.5) is 0 Å². The van der Waals surface area contributed by atoms with E-state index in [0.29, 0.717) is 0 Å². The minimum Gasteiger partial charge on any atom is -0.380 e. The molecular weight excluding hydrogens is 204 g/mol. The van der Waals surface area contributed by atoms with Crippen molar-refractivity contribution in [3.63, 3.8) is 0 Å². The first-order valence-electron chi connectivity index (χ1n) is 4.82. The highest BCUT2D eigenvalue weighted by Crippen LogP contribution is 2.20. The molecule has 1 fully saturated rings. The lowest BCUT2D eigenvalue weighted by Gasteiger charge is -2.30. The van der Waals surface area contributed by atoms with Gasteiger partial charge in [0.1, 0.15) is 0 Å². The largest absolute Gasteiger partial charge is 0.380 e. The lowest BCUT2D eigenvalue weighted by atomic mass is 9.93. The Morgan fingerprint density at radius 2 is 1.93 bits per heavy atom. The second-order valence-electron chi connectivity index (χ2n) is 3.49. The minimum absolute atomic E-state index is 0.00637. The molecule has 0 aliphatic heterocycles. The number of hydrogen-bond donors (Lipinski definition) is 2. The Morgan fingerprint density at radius 1 is 1.29 bits per heavy atom. The first-order valence-corrected chi connectivity index (χ1v) is 6.31. The van der Waals surface area contributed by atoms with Gasteiger partial charge in [0.15, 0.2) is 0 Å². The summed E-state index contributed by atoms with van der Waals surface area (Å²) < 4.78 is 32.6. The molecule has 1 saturated carbocycles.